The molecule has 1 aliphatic heterocycles. The number of imide groups is 1. The van der Waals surface area contributed by atoms with Crippen molar-refractivity contribution >= 4 is 35.1 Å². The predicted octanol–water partition coefficient (Wildman–Crippen LogP) is 3.33. The Balaban J connectivity index is 1.72. The van der Waals surface area contributed by atoms with Crippen LogP contribution in [0, 0.1) is 0 Å². The zero-order valence-corrected chi connectivity index (χ0v) is 17.4. The van der Waals surface area contributed by atoms with Crippen LogP contribution in [0.4, 0.5) is 10.5 Å². The van der Waals surface area contributed by atoms with E-state index >= 15 is 0 Å². The maximum atomic E-state index is 13.0. The van der Waals surface area contributed by atoms with Gasteiger partial charge in [0.15, 0.2) is 0 Å². The number of carbonyl (C=O) groups is 3. The Morgan fingerprint density at radius 1 is 1.10 bits per heavy atom. The Hall–Kier alpha value is -2.48. The average molecular weight is 424 g/mol. The molecule has 2 aliphatic rings. The van der Waals surface area contributed by atoms with Gasteiger partial charge in [-0.3, -0.25) is 14.5 Å². The molecule has 2 fully saturated rings. The Morgan fingerprint density at radius 3 is 2.34 bits per heavy atom. The number of nitrogens with one attached hydrogen (secondary N) is 2. The molecular weight excluding hydrogens is 398 g/mol. The fraction of sp³-hybridized carbons (Fsp3) is 0.550. The number of hydrogen-bond donors (Lipinski definition) is 2. The first-order chi connectivity index (χ1) is 13.9. The van der Waals surface area contributed by atoms with Gasteiger partial charge < -0.3 is 20.1 Å². The van der Waals surface area contributed by atoms with Crippen LogP contribution in [0.15, 0.2) is 12.1 Å². The third kappa shape index (κ3) is 4.42. The molecule has 1 saturated heterocycles. The maximum absolute atomic E-state index is 13.0. The van der Waals surface area contributed by atoms with Gasteiger partial charge in [0.05, 0.1) is 24.9 Å². The van der Waals surface area contributed by atoms with Gasteiger partial charge in [-0.2, -0.15) is 0 Å². The molecule has 1 heterocycles. The number of ether oxygens (including phenoxy) is 2. The quantitative estimate of drug-likeness (QED) is 0.708. The number of nitrogens with zero attached hydrogens (tertiary/aromatic N) is 1. The lowest BCUT2D eigenvalue weighted by molar-refractivity contribution is -0.134. The number of anilines is 1. The van der Waals surface area contributed by atoms with Gasteiger partial charge in [-0.25, -0.2) is 4.79 Å². The number of halogens is 1. The molecule has 1 spiro atoms. The molecule has 0 unspecified atom stereocenters. The van der Waals surface area contributed by atoms with Crippen molar-refractivity contribution in [2.75, 3.05) is 26.1 Å². The molecular formula is C20H26ClN3O5. The van der Waals surface area contributed by atoms with Crippen molar-refractivity contribution in [3.05, 3.63) is 17.2 Å². The minimum atomic E-state index is -0.876. The number of benzene rings is 1. The summed E-state index contributed by atoms with van der Waals surface area (Å²) in [6, 6.07) is 2.53. The molecule has 1 saturated carbocycles. The third-order valence-corrected chi connectivity index (χ3v) is 5.80. The third-order valence-electron chi connectivity index (χ3n) is 5.50. The molecule has 8 nitrogen and oxygen atoms in total. The first-order valence-electron chi connectivity index (χ1n) is 9.75. The molecule has 0 bridgehead atoms. The van der Waals surface area contributed by atoms with E-state index in [4.69, 9.17) is 21.1 Å². The van der Waals surface area contributed by atoms with E-state index in [0.29, 0.717) is 35.1 Å². The second-order valence-corrected chi connectivity index (χ2v) is 7.81. The fourth-order valence-corrected chi connectivity index (χ4v) is 4.19. The minimum absolute atomic E-state index is 0.319. The monoisotopic (exact) mass is 423 g/mol. The van der Waals surface area contributed by atoms with Gasteiger partial charge in [-0.15, -0.1) is 0 Å². The Kier molecular flexibility index (Phi) is 6.52. The number of urea groups is 1. The highest BCUT2D eigenvalue weighted by atomic mass is 35.5. The zero-order valence-electron chi connectivity index (χ0n) is 16.7. The maximum Gasteiger partial charge on any atom is 0.325 e. The van der Waals surface area contributed by atoms with Crippen LogP contribution in [0.1, 0.15) is 44.9 Å². The van der Waals surface area contributed by atoms with Crippen LogP contribution in [0.2, 0.25) is 5.02 Å². The Labute approximate surface area is 174 Å². The molecule has 0 aromatic heterocycles. The van der Waals surface area contributed by atoms with E-state index in [2.05, 4.69) is 10.6 Å². The van der Waals surface area contributed by atoms with Crippen LogP contribution in [0.3, 0.4) is 0 Å². The molecule has 0 radical (unpaired) electrons. The van der Waals surface area contributed by atoms with Gasteiger partial charge in [-0.1, -0.05) is 43.7 Å². The molecule has 4 amide bonds. The van der Waals surface area contributed by atoms with Crippen molar-refractivity contribution < 1.29 is 23.9 Å². The second kappa shape index (κ2) is 8.90. The van der Waals surface area contributed by atoms with Gasteiger partial charge in [0.2, 0.25) is 5.91 Å². The van der Waals surface area contributed by atoms with Gasteiger partial charge in [0.25, 0.3) is 5.91 Å². The summed E-state index contributed by atoms with van der Waals surface area (Å²) < 4.78 is 10.4. The molecule has 29 heavy (non-hydrogen) atoms. The van der Waals surface area contributed by atoms with Crippen LogP contribution in [-0.4, -0.2) is 49.0 Å². The summed E-state index contributed by atoms with van der Waals surface area (Å²) in [5.41, 5.74) is -0.537. The molecule has 3 rings (SSSR count). The number of rotatable bonds is 5. The van der Waals surface area contributed by atoms with Crippen molar-refractivity contribution in [1.82, 2.24) is 10.2 Å². The highest BCUT2D eigenvalue weighted by Gasteiger charge is 2.50. The predicted molar refractivity (Wildman–Crippen MR) is 108 cm³/mol. The lowest BCUT2D eigenvalue weighted by atomic mass is 9.84. The molecule has 9 heteroatoms. The molecule has 2 N–H and O–H groups in total. The van der Waals surface area contributed by atoms with Gasteiger partial charge in [0, 0.05) is 12.1 Å². The second-order valence-electron chi connectivity index (χ2n) is 7.41. The van der Waals surface area contributed by atoms with E-state index in [9.17, 15) is 14.4 Å². The first-order valence-corrected chi connectivity index (χ1v) is 10.1. The summed E-state index contributed by atoms with van der Waals surface area (Å²) >= 11 is 6.08. The van der Waals surface area contributed by atoms with E-state index in [0.717, 1.165) is 37.0 Å². The van der Waals surface area contributed by atoms with E-state index in [1.807, 2.05) is 0 Å². The lowest BCUT2D eigenvalue weighted by Crippen LogP contribution is -2.47. The van der Waals surface area contributed by atoms with Crippen LogP contribution in [0.25, 0.3) is 0 Å². The van der Waals surface area contributed by atoms with Gasteiger partial charge in [-0.05, 0) is 12.8 Å². The number of hydrogen-bond acceptors (Lipinski definition) is 5. The van der Waals surface area contributed by atoms with E-state index in [1.165, 1.54) is 26.4 Å². The largest absolute Gasteiger partial charge is 0.495 e. The van der Waals surface area contributed by atoms with Crippen molar-refractivity contribution in [3.63, 3.8) is 0 Å². The fourth-order valence-electron chi connectivity index (χ4n) is 3.96. The topological polar surface area (TPSA) is 97.0 Å². The van der Waals surface area contributed by atoms with Crippen molar-refractivity contribution in [3.8, 4) is 11.5 Å². The van der Waals surface area contributed by atoms with E-state index in [1.54, 1.807) is 0 Å². The van der Waals surface area contributed by atoms with Crippen LogP contribution >= 0.6 is 11.6 Å². The Morgan fingerprint density at radius 2 is 1.72 bits per heavy atom. The molecule has 1 aliphatic carbocycles. The minimum Gasteiger partial charge on any atom is -0.495 e. The Bertz CT molecular complexity index is 806. The standard InChI is InChI=1S/C20H26ClN3O5/c1-28-15-11-14(16(29-2)10-13(15)21)22-17(25)12-24-18(26)20(23-19(24)27)8-6-4-3-5-7-9-20/h10-11H,3-9,12H2,1-2H3,(H,22,25)(H,23,27). The van der Waals surface area contributed by atoms with Crippen molar-refractivity contribution in [2.45, 2.75) is 50.5 Å². The summed E-state index contributed by atoms with van der Waals surface area (Å²) in [6.07, 6.45) is 6.22. The lowest BCUT2D eigenvalue weighted by Gasteiger charge is -2.28. The highest BCUT2D eigenvalue weighted by Crippen LogP contribution is 2.36. The number of methoxy groups -OCH3 is 2. The summed E-state index contributed by atoms with van der Waals surface area (Å²) in [6.45, 7) is -0.374. The van der Waals surface area contributed by atoms with E-state index in [-0.39, 0.29) is 12.5 Å². The van der Waals surface area contributed by atoms with Crippen LogP contribution in [0.5, 0.6) is 11.5 Å². The number of amides is 4. The number of carbonyl (C=O) groups excluding carboxylic acids is 3. The molecule has 158 valence electrons. The van der Waals surface area contributed by atoms with Gasteiger partial charge in [0.1, 0.15) is 23.6 Å². The normalized spacial score (nSPS) is 18.8. The van der Waals surface area contributed by atoms with Crippen molar-refractivity contribution in [2.24, 2.45) is 0 Å². The van der Waals surface area contributed by atoms with Gasteiger partial charge >= 0.3 is 6.03 Å². The zero-order chi connectivity index (χ0) is 21.0. The highest BCUT2D eigenvalue weighted by molar-refractivity contribution is 6.32. The molecule has 1 aromatic rings. The smallest absolute Gasteiger partial charge is 0.325 e. The summed E-state index contributed by atoms with van der Waals surface area (Å²) in [5.74, 6) is -0.122. The SMILES string of the molecule is COc1cc(NC(=O)CN2C(=O)NC3(CCCCCCC3)C2=O)c(OC)cc1Cl. The van der Waals surface area contributed by atoms with Crippen LogP contribution in [-0.2, 0) is 9.59 Å². The average Bonchev–Trinajstić information content (AvgIpc) is 2.90. The summed E-state index contributed by atoms with van der Waals surface area (Å²) in [7, 11) is 2.91. The first kappa shape index (κ1) is 21.2. The van der Waals surface area contributed by atoms with Crippen LogP contribution < -0.4 is 20.1 Å². The summed E-state index contributed by atoms with van der Waals surface area (Å²) in [5, 5.41) is 5.85. The molecule has 0 atom stereocenters. The van der Waals surface area contributed by atoms with E-state index < -0.39 is 17.5 Å². The molecule has 1 aromatic carbocycles. The summed E-state index contributed by atoms with van der Waals surface area (Å²) in [4.78, 5) is 39.1. The van der Waals surface area contributed by atoms with Crippen molar-refractivity contribution in [1.29, 1.82) is 0 Å².